The average Bonchev–Trinajstić information content (AvgIpc) is 3.06. The van der Waals surface area contributed by atoms with E-state index < -0.39 is 11.6 Å². The van der Waals surface area contributed by atoms with Crippen molar-refractivity contribution in [2.45, 2.75) is 58.6 Å². The zero-order valence-corrected chi connectivity index (χ0v) is 19.0. The SMILES string of the molecule is Cc1c(C)c2c(c(C)c1O)CCC(C)(COc1ccc(CC3NC(=O)SC3=O)cc1)O2. The van der Waals surface area contributed by atoms with Crippen molar-refractivity contribution in [2.24, 2.45) is 0 Å². The molecule has 31 heavy (non-hydrogen) atoms. The molecule has 6 nitrogen and oxygen atoms in total. The Morgan fingerprint density at radius 3 is 2.52 bits per heavy atom. The van der Waals surface area contributed by atoms with Crippen LogP contribution in [0, 0.1) is 20.8 Å². The number of ether oxygens (including phenoxy) is 2. The highest BCUT2D eigenvalue weighted by atomic mass is 32.2. The number of rotatable bonds is 5. The largest absolute Gasteiger partial charge is 0.507 e. The number of aromatic hydroxyl groups is 1. The number of phenolic OH excluding ortho intramolecular Hbond substituents is 1. The lowest BCUT2D eigenvalue weighted by atomic mass is 9.87. The first-order chi connectivity index (χ1) is 14.7. The normalized spacial score (nSPS) is 22.6. The van der Waals surface area contributed by atoms with E-state index in [4.69, 9.17) is 9.47 Å². The van der Waals surface area contributed by atoms with Crippen molar-refractivity contribution in [3.05, 3.63) is 52.1 Å². The van der Waals surface area contributed by atoms with Crippen molar-refractivity contribution in [3.8, 4) is 17.2 Å². The predicted molar refractivity (Wildman–Crippen MR) is 120 cm³/mol. The number of thioether (sulfide) groups is 1. The molecule has 1 saturated heterocycles. The summed E-state index contributed by atoms with van der Waals surface area (Å²) in [4.78, 5) is 23.1. The second-order valence-corrected chi connectivity index (χ2v) is 9.60. The lowest BCUT2D eigenvalue weighted by Crippen LogP contribution is -2.42. The zero-order chi connectivity index (χ0) is 22.3. The van der Waals surface area contributed by atoms with Crippen LogP contribution in [0.15, 0.2) is 24.3 Å². The van der Waals surface area contributed by atoms with E-state index in [1.807, 2.05) is 52.0 Å². The van der Waals surface area contributed by atoms with Crippen LogP contribution in [-0.4, -0.2) is 33.7 Å². The van der Waals surface area contributed by atoms with E-state index in [9.17, 15) is 14.7 Å². The predicted octanol–water partition coefficient (Wildman–Crippen LogP) is 4.37. The first kappa shape index (κ1) is 21.6. The van der Waals surface area contributed by atoms with Gasteiger partial charge in [0.15, 0.2) is 0 Å². The van der Waals surface area contributed by atoms with Crippen LogP contribution in [-0.2, 0) is 17.6 Å². The number of phenols is 1. The summed E-state index contributed by atoms with van der Waals surface area (Å²) in [7, 11) is 0. The molecule has 0 saturated carbocycles. The lowest BCUT2D eigenvalue weighted by molar-refractivity contribution is -0.112. The van der Waals surface area contributed by atoms with Crippen molar-refractivity contribution in [2.75, 3.05) is 6.61 Å². The monoisotopic (exact) mass is 441 g/mol. The summed E-state index contributed by atoms with van der Waals surface area (Å²) >= 11 is 0.732. The average molecular weight is 442 g/mol. The van der Waals surface area contributed by atoms with Crippen LogP contribution >= 0.6 is 11.8 Å². The Balaban J connectivity index is 1.41. The number of carbonyl (C=O) groups is 2. The van der Waals surface area contributed by atoms with Gasteiger partial charge in [0.05, 0.1) is 0 Å². The Bertz CT molecular complexity index is 1050. The highest BCUT2D eigenvalue weighted by Gasteiger charge is 2.35. The van der Waals surface area contributed by atoms with Crippen molar-refractivity contribution in [1.82, 2.24) is 5.32 Å². The van der Waals surface area contributed by atoms with Gasteiger partial charge in [0.1, 0.15) is 35.5 Å². The van der Waals surface area contributed by atoms with E-state index in [2.05, 4.69) is 5.32 Å². The third kappa shape index (κ3) is 4.24. The molecule has 7 heteroatoms. The second kappa shape index (κ2) is 8.11. The van der Waals surface area contributed by atoms with E-state index in [1.165, 1.54) is 0 Å². The molecule has 1 fully saturated rings. The van der Waals surface area contributed by atoms with Crippen molar-refractivity contribution >= 4 is 22.1 Å². The number of hydrogen-bond acceptors (Lipinski definition) is 6. The van der Waals surface area contributed by atoms with Crippen LogP contribution in [0.1, 0.15) is 41.2 Å². The minimum atomic E-state index is -0.468. The van der Waals surface area contributed by atoms with Crippen LogP contribution in [0.25, 0.3) is 0 Å². The smallest absolute Gasteiger partial charge is 0.287 e. The fourth-order valence-corrected chi connectivity index (χ4v) is 4.79. The maximum absolute atomic E-state index is 11.8. The van der Waals surface area contributed by atoms with Crippen LogP contribution in [0.5, 0.6) is 17.2 Å². The van der Waals surface area contributed by atoms with Gasteiger partial charge in [-0.3, -0.25) is 9.59 Å². The standard InChI is InChI=1S/C24H27NO5S/c1-13-14(2)21-18(15(3)20(13)26)9-10-24(4,30-21)12-29-17-7-5-16(6-8-17)11-19-22(27)31-23(28)25-19/h5-8,19,26H,9-12H2,1-4H3,(H,25,28). The molecule has 2 heterocycles. The number of amides is 1. The molecule has 0 bridgehead atoms. The molecule has 0 spiro atoms. The molecule has 2 unspecified atom stereocenters. The van der Waals surface area contributed by atoms with Crippen molar-refractivity contribution in [3.63, 3.8) is 0 Å². The van der Waals surface area contributed by atoms with Gasteiger partial charge in [-0.15, -0.1) is 0 Å². The fourth-order valence-electron chi connectivity index (χ4n) is 4.12. The highest BCUT2D eigenvalue weighted by Crippen LogP contribution is 2.43. The van der Waals surface area contributed by atoms with Gasteiger partial charge in [0, 0.05) is 23.7 Å². The summed E-state index contributed by atoms with van der Waals surface area (Å²) in [6.45, 7) is 8.28. The molecule has 2 aromatic rings. The van der Waals surface area contributed by atoms with Gasteiger partial charge in [-0.25, -0.2) is 0 Å². The molecule has 2 atom stereocenters. The highest BCUT2D eigenvalue weighted by molar-refractivity contribution is 8.26. The molecule has 2 N–H and O–H groups in total. The molecule has 164 valence electrons. The Hall–Kier alpha value is -2.67. The molecule has 2 aliphatic heterocycles. The van der Waals surface area contributed by atoms with Crippen LogP contribution < -0.4 is 14.8 Å². The molecule has 0 aliphatic carbocycles. The van der Waals surface area contributed by atoms with Gasteiger partial charge < -0.3 is 19.9 Å². The quantitative estimate of drug-likeness (QED) is 0.717. The molecular weight excluding hydrogens is 414 g/mol. The van der Waals surface area contributed by atoms with Gasteiger partial charge in [-0.1, -0.05) is 12.1 Å². The van der Waals surface area contributed by atoms with Gasteiger partial charge in [0.2, 0.25) is 5.12 Å². The van der Waals surface area contributed by atoms with Crippen molar-refractivity contribution < 1.29 is 24.2 Å². The van der Waals surface area contributed by atoms with Gasteiger partial charge >= 0.3 is 0 Å². The summed E-state index contributed by atoms with van der Waals surface area (Å²) in [5.41, 5.74) is 4.29. The third-order valence-corrected chi connectivity index (χ3v) is 7.06. The Kier molecular flexibility index (Phi) is 5.64. The molecule has 1 amide bonds. The third-order valence-electron chi connectivity index (χ3n) is 6.27. The van der Waals surface area contributed by atoms with Crippen LogP contribution in [0.2, 0.25) is 0 Å². The molecule has 2 aliphatic rings. The van der Waals surface area contributed by atoms with Gasteiger partial charge in [-0.2, -0.15) is 0 Å². The fraction of sp³-hybridized carbons (Fsp3) is 0.417. The molecular formula is C24H27NO5S. The van der Waals surface area contributed by atoms with E-state index in [0.29, 0.717) is 18.8 Å². The Morgan fingerprint density at radius 2 is 1.87 bits per heavy atom. The first-order valence-electron chi connectivity index (χ1n) is 10.4. The minimum absolute atomic E-state index is 0.137. The summed E-state index contributed by atoms with van der Waals surface area (Å²) in [5, 5.41) is 12.6. The Labute approximate surface area is 186 Å². The molecule has 0 radical (unpaired) electrons. The topological polar surface area (TPSA) is 84.9 Å². The van der Waals surface area contributed by atoms with E-state index in [1.54, 1.807) is 0 Å². The summed E-state index contributed by atoms with van der Waals surface area (Å²) in [6.07, 6.45) is 2.09. The molecule has 4 rings (SSSR count). The minimum Gasteiger partial charge on any atom is -0.507 e. The van der Waals surface area contributed by atoms with Crippen molar-refractivity contribution in [1.29, 1.82) is 0 Å². The zero-order valence-electron chi connectivity index (χ0n) is 18.2. The maximum Gasteiger partial charge on any atom is 0.287 e. The number of benzene rings is 2. The van der Waals surface area contributed by atoms with Crippen LogP contribution in [0.4, 0.5) is 4.79 Å². The number of carbonyl (C=O) groups excluding carboxylic acids is 2. The lowest BCUT2D eigenvalue weighted by Gasteiger charge is -2.37. The number of hydrogen-bond donors (Lipinski definition) is 2. The number of nitrogens with one attached hydrogen (secondary N) is 1. The summed E-state index contributed by atoms with van der Waals surface area (Å²) in [5.74, 6) is 1.95. The van der Waals surface area contributed by atoms with Crippen LogP contribution in [0.3, 0.4) is 0 Å². The first-order valence-corrected chi connectivity index (χ1v) is 11.2. The van der Waals surface area contributed by atoms with E-state index in [-0.39, 0.29) is 10.4 Å². The van der Waals surface area contributed by atoms with Gasteiger partial charge in [-0.05, 0) is 74.9 Å². The van der Waals surface area contributed by atoms with E-state index >= 15 is 0 Å². The number of fused-ring (bicyclic) bond motifs is 1. The summed E-state index contributed by atoms with van der Waals surface area (Å²) < 4.78 is 12.4. The Morgan fingerprint density at radius 1 is 1.16 bits per heavy atom. The maximum atomic E-state index is 11.8. The van der Waals surface area contributed by atoms with E-state index in [0.717, 1.165) is 63.9 Å². The summed E-state index contributed by atoms with van der Waals surface area (Å²) in [6, 6.07) is 7.12. The second-order valence-electron chi connectivity index (χ2n) is 8.63. The molecule has 0 aromatic heterocycles. The molecule has 2 aromatic carbocycles. The van der Waals surface area contributed by atoms with Gasteiger partial charge in [0.25, 0.3) is 5.24 Å².